The highest BCUT2D eigenvalue weighted by Crippen LogP contribution is 2.18. The Balaban J connectivity index is 2.07. The first-order chi connectivity index (χ1) is 8.70. The number of nitrogens with one attached hydrogen (secondary N) is 2. The fourth-order valence-electron chi connectivity index (χ4n) is 1.72. The predicted octanol–water partition coefficient (Wildman–Crippen LogP) is 1.56. The quantitative estimate of drug-likeness (QED) is 0.838. The molecular formula is C12H18N6. The van der Waals surface area contributed by atoms with E-state index in [0.29, 0.717) is 6.54 Å². The molecule has 96 valence electrons. The van der Waals surface area contributed by atoms with Gasteiger partial charge >= 0.3 is 0 Å². The molecule has 0 bridgehead atoms. The Kier molecular flexibility index (Phi) is 3.76. The summed E-state index contributed by atoms with van der Waals surface area (Å²) in [6.45, 7) is 5.60. The highest BCUT2D eigenvalue weighted by Gasteiger charge is 2.06. The lowest BCUT2D eigenvalue weighted by Crippen LogP contribution is -2.07. The Morgan fingerprint density at radius 1 is 1.22 bits per heavy atom. The van der Waals surface area contributed by atoms with E-state index in [-0.39, 0.29) is 0 Å². The van der Waals surface area contributed by atoms with Crippen LogP contribution in [0.1, 0.15) is 18.1 Å². The van der Waals surface area contributed by atoms with Gasteiger partial charge < -0.3 is 10.6 Å². The van der Waals surface area contributed by atoms with Crippen LogP contribution in [0.15, 0.2) is 18.7 Å². The SMILES string of the molecule is CCNc1ncnc(NCc2cnn(C)c2)c1C. The van der Waals surface area contributed by atoms with E-state index < -0.39 is 0 Å². The van der Waals surface area contributed by atoms with Crippen LogP contribution in [0.3, 0.4) is 0 Å². The van der Waals surface area contributed by atoms with Gasteiger partial charge in [0.15, 0.2) is 0 Å². The van der Waals surface area contributed by atoms with Gasteiger partial charge in [-0.15, -0.1) is 0 Å². The zero-order chi connectivity index (χ0) is 13.0. The Hall–Kier alpha value is -2.11. The number of aryl methyl sites for hydroxylation is 1. The Bertz CT molecular complexity index is 519. The highest BCUT2D eigenvalue weighted by atomic mass is 15.2. The Morgan fingerprint density at radius 3 is 2.56 bits per heavy atom. The summed E-state index contributed by atoms with van der Waals surface area (Å²) in [4.78, 5) is 8.46. The molecular weight excluding hydrogens is 228 g/mol. The number of anilines is 2. The molecule has 0 aliphatic carbocycles. The van der Waals surface area contributed by atoms with Crippen LogP contribution in [0.25, 0.3) is 0 Å². The summed E-state index contributed by atoms with van der Waals surface area (Å²) in [5, 5.41) is 10.6. The zero-order valence-corrected chi connectivity index (χ0v) is 10.9. The molecule has 0 fully saturated rings. The van der Waals surface area contributed by atoms with Gasteiger partial charge in [0.1, 0.15) is 18.0 Å². The van der Waals surface area contributed by atoms with Crippen molar-refractivity contribution in [2.24, 2.45) is 7.05 Å². The molecule has 0 saturated heterocycles. The molecule has 6 nitrogen and oxygen atoms in total. The van der Waals surface area contributed by atoms with Crippen molar-refractivity contribution in [1.29, 1.82) is 0 Å². The predicted molar refractivity (Wildman–Crippen MR) is 71.5 cm³/mol. The summed E-state index contributed by atoms with van der Waals surface area (Å²) in [7, 11) is 1.91. The molecule has 0 saturated carbocycles. The topological polar surface area (TPSA) is 67.7 Å². The first-order valence-electron chi connectivity index (χ1n) is 5.97. The Morgan fingerprint density at radius 2 is 1.94 bits per heavy atom. The minimum atomic E-state index is 0.706. The van der Waals surface area contributed by atoms with Crippen LogP contribution in [0.4, 0.5) is 11.6 Å². The van der Waals surface area contributed by atoms with Crippen molar-refractivity contribution >= 4 is 11.6 Å². The van der Waals surface area contributed by atoms with E-state index in [2.05, 4.69) is 25.7 Å². The lowest BCUT2D eigenvalue weighted by atomic mass is 10.3. The van der Waals surface area contributed by atoms with Crippen LogP contribution in [-0.4, -0.2) is 26.3 Å². The molecule has 2 heterocycles. The van der Waals surface area contributed by atoms with Crippen LogP contribution < -0.4 is 10.6 Å². The van der Waals surface area contributed by atoms with Gasteiger partial charge in [-0.3, -0.25) is 4.68 Å². The summed E-state index contributed by atoms with van der Waals surface area (Å²) in [5.41, 5.74) is 2.16. The maximum Gasteiger partial charge on any atom is 0.134 e. The number of nitrogens with zero attached hydrogens (tertiary/aromatic N) is 4. The molecule has 0 radical (unpaired) electrons. The van der Waals surface area contributed by atoms with Gasteiger partial charge in [-0.2, -0.15) is 5.10 Å². The molecule has 0 atom stereocenters. The second-order valence-corrected chi connectivity index (χ2v) is 4.10. The third kappa shape index (κ3) is 2.77. The second kappa shape index (κ2) is 5.48. The van der Waals surface area contributed by atoms with Gasteiger partial charge in [0.05, 0.1) is 6.20 Å². The molecule has 0 amide bonds. The third-order valence-electron chi connectivity index (χ3n) is 2.65. The number of aromatic nitrogens is 4. The van der Waals surface area contributed by atoms with Crippen molar-refractivity contribution in [1.82, 2.24) is 19.7 Å². The highest BCUT2D eigenvalue weighted by molar-refractivity contribution is 5.56. The summed E-state index contributed by atoms with van der Waals surface area (Å²) in [5.74, 6) is 1.73. The summed E-state index contributed by atoms with van der Waals surface area (Å²) >= 11 is 0. The second-order valence-electron chi connectivity index (χ2n) is 4.10. The van der Waals surface area contributed by atoms with Crippen molar-refractivity contribution in [3.05, 3.63) is 29.8 Å². The molecule has 6 heteroatoms. The maximum absolute atomic E-state index is 4.25. The molecule has 0 aromatic carbocycles. The van der Waals surface area contributed by atoms with Crippen molar-refractivity contribution in [2.45, 2.75) is 20.4 Å². The number of hydrogen-bond acceptors (Lipinski definition) is 5. The van der Waals surface area contributed by atoms with Gasteiger partial charge in [-0.25, -0.2) is 9.97 Å². The first-order valence-corrected chi connectivity index (χ1v) is 5.97. The largest absolute Gasteiger partial charge is 0.370 e. The van der Waals surface area contributed by atoms with E-state index in [0.717, 1.165) is 29.3 Å². The lowest BCUT2D eigenvalue weighted by molar-refractivity contribution is 0.767. The monoisotopic (exact) mass is 246 g/mol. The third-order valence-corrected chi connectivity index (χ3v) is 2.65. The fourth-order valence-corrected chi connectivity index (χ4v) is 1.72. The van der Waals surface area contributed by atoms with Crippen LogP contribution in [-0.2, 0) is 13.6 Å². The van der Waals surface area contributed by atoms with Crippen LogP contribution >= 0.6 is 0 Å². The molecule has 2 N–H and O–H groups in total. The molecule has 18 heavy (non-hydrogen) atoms. The molecule has 0 spiro atoms. The summed E-state index contributed by atoms with van der Waals surface area (Å²) < 4.78 is 1.79. The summed E-state index contributed by atoms with van der Waals surface area (Å²) in [6, 6.07) is 0. The van der Waals surface area contributed by atoms with Gasteiger partial charge in [0, 0.05) is 37.5 Å². The van der Waals surface area contributed by atoms with Crippen molar-refractivity contribution in [3.8, 4) is 0 Å². The minimum Gasteiger partial charge on any atom is -0.370 e. The van der Waals surface area contributed by atoms with E-state index in [1.54, 1.807) is 11.0 Å². The van der Waals surface area contributed by atoms with Gasteiger partial charge in [-0.1, -0.05) is 0 Å². The average Bonchev–Trinajstić information content (AvgIpc) is 2.77. The smallest absolute Gasteiger partial charge is 0.134 e. The van der Waals surface area contributed by atoms with Crippen molar-refractivity contribution in [3.63, 3.8) is 0 Å². The van der Waals surface area contributed by atoms with Crippen LogP contribution in [0.5, 0.6) is 0 Å². The molecule has 0 unspecified atom stereocenters. The lowest BCUT2D eigenvalue weighted by Gasteiger charge is -2.11. The van der Waals surface area contributed by atoms with Gasteiger partial charge in [0.2, 0.25) is 0 Å². The van der Waals surface area contributed by atoms with Crippen LogP contribution in [0.2, 0.25) is 0 Å². The standard InChI is InChI=1S/C12H18N6/c1-4-13-11-9(2)12(16-8-15-11)14-5-10-6-17-18(3)7-10/h6-8H,4-5H2,1-3H3,(H2,13,14,15,16). The van der Waals surface area contributed by atoms with Gasteiger partial charge in [0.25, 0.3) is 0 Å². The van der Waals surface area contributed by atoms with Crippen molar-refractivity contribution in [2.75, 3.05) is 17.2 Å². The number of rotatable bonds is 5. The zero-order valence-electron chi connectivity index (χ0n) is 10.9. The number of hydrogen-bond donors (Lipinski definition) is 2. The van der Waals surface area contributed by atoms with Gasteiger partial charge in [-0.05, 0) is 13.8 Å². The molecule has 2 aromatic rings. The molecule has 0 aliphatic heterocycles. The Labute approximate surface area is 106 Å². The van der Waals surface area contributed by atoms with E-state index in [4.69, 9.17) is 0 Å². The minimum absolute atomic E-state index is 0.706. The maximum atomic E-state index is 4.25. The van der Waals surface area contributed by atoms with E-state index in [1.165, 1.54) is 0 Å². The normalized spacial score (nSPS) is 10.4. The van der Waals surface area contributed by atoms with E-state index >= 15 is 0 Å². The fraction of sp³-hybridized carbons (Fsp3) is 0.417. The summed E-state index contributed by atoms with van der Waals surface area (Å²) in [6.07, 6.45) is 5.39. The average molecular weight is 246 g/mol. The van der Waals surface area contributed by atoms with Crippen LogP contribution in [0, 0.1) is 6.92 Å². The first kappa shape index (κ1) is 12.3. The molecule has 2 rings (SSSR count). The van der Waals surface area contributed by atoms with Crippen molar-refractivity contribution < 1.29 is 0 Å². The van der Waals surface area contributed by atoms with E-state index in [9.17, 15) is 0 Å². The molecule has 2 aromatic heterocycles. The molecule has 0 aliphatic rings. The van der Waals surface area contributed by atoms with E-state index in [1.807, 2.05) is 33.3 Å².